The fourth-order valence-corrected chi connectivity index (χ4v) is 3.81. The van der Waals surface area contributed by atoms with Crippen LogP contribution in [0.3, 0.4) is 0 Å². The molecule has 0 fully saturated rings. The van der Waals surface area contributed by atoms with Gasteiger partial charge in [-0.15, -0.1) is 0 Å². The lowest BCUT2D eigenvalue weighted by Crippen LogP contribution is -2.32. The van der Waals surface area contributed by atoms with Crippen molar-refractivity contribution in [3.05, 3.63) is 58.4 Å². The Bertz CT molecular complexity index is 922. The van der Waals surface area contributed by atoms with E-state index in [1.165, 1.54) is 11.8 Å². The van der Waals surface area contributed by atoms with Crippen molar-refractivity contribution in [3.8, 4) is 0 Å². The fraction of sp³-hybridized carbons (Fsp3) is 0.350. The number of nitrogens with zero attached hydrogens (tertiary/aromatic N) is 2. The molecule has 6 heteroatoms. The maximum atomic E-state index is 12.7. The van der Waals surface area contributed by atoms with Gasteiger partial charge in [-0.2, -0.15) is 5.10 Å². The number of nitrogens with two attached hydrogens (primary N) is 1. The second-order valence-corrected chi connectivity index (χ2v) is 7.23. The van der Waals surface area contributed by atoms with Gasteiger partial charge in [-0.3, -0.25) is 9.59 Å². The minimum Gasteiger partial charge on any atom is -0.365 e. The average Bonchev–Trinajstić information content (AvgIpc) is 3.04. The maximum Gasteiger partial charge on any atom is 0.254 e. The van der Waals surface area contributed by atoms with Crippen LogP contribution < -0.4 is 11.1 Å². The minimum atomic E-state index is -0.529. The first-order valence-corrected chi connectivity index (χ1v) is 8.97. The Morgan fingerprint density at radius 1 is 1.27 bits per heavy atom. The number of carbonyl (C=O) groups excluding carboxylic acids is 2. The molecule has 0 saturated heterocycles. The van der Waals surface area contributed by atoms with Crippen molar-refractivity contribution in [3.63, 3.8) is 0 Å². The summed E-state index contributed by atoms with van der Waals surface area (Å²) in [5.74, 6) is 0.617. The van der Waals surface area contributed by atoms with Crippen LogP contribution in [-0.4, -0.2) is 21.5 Å². The number of aromatic nitrogens is 2. The fourth-order valence-electron chi connectivity index (χ4n) is 3.81. The number of amides is 1. The highest BCUT2D eigenvalue weighted by molar-refractivity contribution is 6.02. The molecule has 3 N–H and O–H groups in total. The van der Waals surface area contributed by atoms with Crippen molar-refractivity contribution in [2.24, 2.45) is 5.73 Å². The van der Waals surface area contributed by atoms with E-state index in [2.05, 4.69) is 36.4 Å². The van der Waals surface area contributed by atoms with Crippen LogP contribution in [0.2, 0.25) is 0 Å². The number of rotatable bonds is 3. The topological polar surface area (TPSA) is 90.0 Å². The molecular formula is C20H22N4O2. The zero-order valence-corrected chi connectivity index (χ0v) is 15.0. The third-order valence-electron chi connectivity index (χ3n) is 5.22. The van der Waals surface area contributed by atoms with Crippen LogP contribution in [0.15, 0.2) is 41.7 Å². The van der Waals surface area contributed by atoms with Gasteiger partial charge in [0.25, 0.3) is 5.91 Å². The summed E-state index contributed by atoms with van der Waals surface area (Å²) in [6, 6.07) is 7.95. The van der Waals surface area contributed by atoms with Crippen molar-refractivity contribution in [2.75, 3.05) is 5.32 Å². The van der Waals surface area contributed by atoms with E-state index < -0.39 is 5.91 Å². The molecule has 2 heterocycles. The molecule has 1 aliphatic heterocycles. The van der Waals surface area contributed by atoms with E-state index in [1.807, 2.05) is 12.1 Å². The Morgan fingerprint density at radius 2 is 2.00 bits per heavy atom. The molecule has 0 unspecified atom stereocenters. The normalized spacial score (nSPS) is 19.2. The van der Waals surface area contributed by atoms with E-state index >= 15 is 0 Å². The Balaban J connectivity index is 1.88. The summed E-state index contributed by atoms with van der Waals surface area (Å²) in [6.45, 7) is 4.30. The van der Waals surface area contributed by atoms with Gasteiger partial charge in [-0.1, -0.05) is 38.1 Å². The van der Waals surface area contributed by atoms with Gasteiger partial charge in [0.1, 0.15) is 17.4 Å². The summed E-state index contributed by atoms with van der Waals surface area (Å²) in [4.78, 5) is 24.5. The Morgan fingerprint density at radius 3 is 2.65 bits per heavy atom. The van der Waals surface area contributed by atoms with Crippen LogP contribution in [0.25, 0.3) is 0 Å². The third-order valence-corrected chi connectivity index (χ3v) is 5.22. The summed E-state index contributed by atoms with van der Waals surface area (Å²) in [5.41, 5.74) is 9.71. The molecular weight excluding hydrogens is 328 g/mol. The number of hydrogen-bond acceptors (Lipinski definition) is 4. The van der Waals surface area contributed by atoms with E-state index in [0.717, 1.165) is 29.7 Å². The lowest BCUT2D eigenvalue weighted by atomic mass is 9.85. The number of nitrogens with one attached hydrogen (secondary N) is 1. The van der Waals surface area contributed by atoms with Crippen LogP contribution in [0.1, 0.15) is 66.6 Å². The number of ketones is 1. The molecule has 0 bridgehead atoms. The van der Waals surface area contributed by atoms with Crippen LogP contribution in [-0.2, 0) is 4.79 Å². The number of benzene rings is 1. The highest BCUT2D eigenvalue weighted by atomic mass is 16.1. The monoisotopic (exact) mass is 350 g/mol. The SMILES string of the molecule is CC(C)c1ccc([C@H]2C3=C(CCCC3=O)Nc3c(C(N)=O)cnn32)cc1. The number of allylic oxidation sites excluding steroid dienone is 2. The summed E-state index contributed by atoms with van der Waals surface area (Å²) in [6.07, 6.45) is 3.61. The molecule has 4 rings (SSSR count). The molecule has 1 atom stereocenters. The van der Waals surface area contributed by atoms with Gasteiger partial charge in [0.2, 0.25) is 0 Å². The molecule has 26 heavy (non-hydrogen) atoms. The second kappa shape index (κ2) is 6.12. The molecule has 6 nitrogen and oxygen atoms in total. The van der Waals surface area contributed by atoms with Crippen LogP contribution in [0, 0.1) is 0 Å². The Labute approximate surface area is 152 Å². The van der Waals surface area contributed by atoms with E-state index in [1.54, 1.807) is 4.68 Å². The molecule has 0 saturated carbocycles. The molecule has 134 valence electrons. The van der Waals surface area contributed by atoms with Gasteiger partial charge >= 0.3 is 0 Å². The number of fused-ring (bicyclic) bond motifs is 1. The summed E-state index contributed by atoms with van der Waals surface area (Å²) in [7, 11) is 0. The van der Waals surface area contributed by atoms with Crippen LogP contribution in [0.5, 0.6) is 0 Å². The lowest BCUT2D eigenvalue weighted by Gasteiger charge is -2.33. The van der Waals surface area contributed by atoms with Crippen LogP contribution >= 0.6 is 0 Å². The van der Waals surface area contributed by atoms with Gasteiger partial charge in [-0.05, 0) is 29.9 Å². The third kappa shape index (κ3) is 2.53. The zero-order chi connectivity index (χ0) is 18.4. The minimum absolute atomic E-state index is 0.137. The average molecular weight is 350 g/mol. The number of carbonyl (C=O) groups is 2. The van der Waals surface area contributed by atoms with Crippen molar-refractivity contribution in [2.45, 2.75) is 45.1 Å². The first kappa shape index (κ1) is 16.6. The molecule has 2 aromatic rings. The van der Waals surface area contributed by atoms with Crippen molar-refractivity contribution in [1.82, 2.24) is 9.78 Å². The zero-order valence-electron chi connectivity index (χ0n) is 15.0. The van der Waals surface area contributed by atoms with E-state index in [4.69, 9.17) is 5.73 Å². The van der Waals surface area contributed by atoms with Gasteiger partial charge in [-0.25, -0.2) is 4.68 Å². The Hall–Kier alpha value is -2.89. The summed E-state index contributed by atoms with van der Waals surface area (Å²) >= 11 is 0. The predicted molar refractivity (Wildman–Crippen MR) is 98.9 cm³/mol. The highest BCUT2D eigenvalue weighted by Crippen LogP contribution is 2.41. The first-order valence-electron chi connectivity index (χ1n) is 8.97. The van der Waals surface area contributed by atoms with Crippen molar-refractivity contribution >= 4 is 17.5 Å². The summed E-state index contributed by atoms with van der Waals surface area (Å²) in [5, 5.41) is 7.63. The lowest BCUT2D eigenvalue weighted by molar-refractivity contribution is -0.116. The van der Waals surface area contributed by atoms with Gasteiger partial charge in [0, 0.05) is 17.7 Å². The summed E-state index contributed by atoms with van der Waals surface area (Å²) < 4.78 is 1.71. The highest BCUT2D eigenvalue weighted by Gasteiger charge is 2.37. The van der Waals surface area contributed by atoms with Crippen LogP contribution in [0.4, 0.5) is 5.82 Å². The number of anilines is 1. The predicted octanol–water partition coefficient (Wildman–Crippen LogP) is 3.13. The van der Waals surface area contributed by atoms with Gasteiger partial charge in [0.05, 0.1) is 6.20 Å². The van der Waals surface area contributed by atoms with Gasteiger partial charge in [0.15, 0.2) is 5.78 Å². The van der Waals surface area contributed by atoms with E-state index in [9.17, 15) is 9.59 Å². The van der Waals surface area contributed by atoms with Gasteiger partial charge < -0.3 is 11.1 Å². The number of hydrogen-bond donors (Lipinski definition) is 2. The molecule has 1 amide bonds. The molecule has 0 spiro atoms. The smallest absolute Gasteiger partial charge is 0.254 e. The van der Waals surface area contributed by atoms with Crippen molar-refractivity contribution in [1.29, 1.82) is 0 Å². The largest absolute Gasteiger partial charge is 0.365 e. The quantitative estimate of drug-likeness (QED) is 0.890. The molecule has 0 radical (unpaired) electrons. The standard InChI is InChI=1S/C20H22N4O2/c1-11(2)12-6-8-13(9-7-12)18-17-15(4-3-5-16(17)25)23-20-14(19(21)26)10-22-24(18)20/h6-11,18,23H,3-5H2,1-2H3,(H2,21,26)/t18-/m0/s1. The number of primary amides is 1. The molecule has 1 aromatic carbocycles. The number of Topliss-reactive ketones (excluding diaryl/α,β-unsaturated/α-hetero) is 1. The Kier molecular flexibility index (Phi) is 3.90. The molecule has 1 aromatic heterocycles. The molecule has 1 aliphatic carbocycles. The van der Waals surface area contributed by atoms with E-state index in [-0.39, 0.29) is 11.8 Å². The van der Waals surface area contributed by atoms with E-state index in [0.29, 0.717) is 23.7 Å². The molecule has 2 aliphatic rings. The maximum absolute atomic E-state index is 12.7. The second-order valence-electron chi connectivity index (χ2n) is 7.23. The first-order chi connectivity index (χ1) is 12.5. The van der Waals surface area contributed by atoms with Crippen molar-refractivity contribution < 1.29 is 9.59 Å².